The molecule has 2 N–H and O–H groups in total. The number of rotatable bonds is 3. The molecule has 0 amide bonds. The summed E-state index contributed by atoms with van der Waals surface area (Å²) in [4.78, 5) is 28.2. The van der Waals surface area contributed by atoms with Crippen LogP contribution in [0.15, 0.2) is 36.8 Å². The summed E-state index contributed by atoms with van der Waals surface area (Å²) < 4.78 is 5.27. The second kappa shape index (κ2) is 5.69. The SMILES string of the molecule is COc1ccc2c(-c3cnc4[nH]cc(C(=O)C(C)(C)C)c4n3)c[nH]c2c1. The van der Waals surface area contributed by atoms with E-state index in [9.17, 15) is 4.79 Å². The zero-order valence-corrected chi connectivity index (χ0v) is 15.2. The predicted molar refractivity (Wildman–Crippen MR) is 102 cm³/mol. The summed E-state index contributed by atoms with van der Waals surface area (Å²) in [7, 11) is 1.64. The summed E-state index contributed by atoms with van der Waals surface area (Å²) in [5.74, 6) is 0.829. The van der Waals surface area contributed by atoms with Crippen LogP contribution in [0.25, 0.3) is 33.3 Å². The second-order valence-corrected chi connectivity index (χ2v) is 7.35. The van der Waals surface area contributed by atoms with Gasteiger partial charge in [0.2, 0.25) is 0 Å². The van der Waals surface area contributed by atoms with E-state index >= 15 is 0 Å². The van der Waals surface area contributed by atoms with Crippen molar-refractivity contribution in [3.63, 3.8) is 0 Å². The van der Waals surface area contributed by atoms with Crippen LogP contribution in [-0.2, 0) is 0 Å². The van der Waals surface area contributed by atoms with Crippen LogP contribution >= 0.6 is 0 Å². The number of methoxy groups -OCH3 is 1. The molecule has 0 unspecified atom stereocenters. The first-order valence-electron chi connectivity index (χ1n) is 8.43. The van der Waals surface area contributed by atoms with E-state index in [4.69, 9.17) is 9.72 Å². The van der Waals surface area contributed by atoms with Crippen molar-refractivity contribution in [3.8, 4) is 17.0 Å². The molecule has 0 fully saturated rings. The van der Waals surface area contributed by atoms with Gasteiger partial charge in [-0.15, -0.1) is 0 Å². The molecule has 26 heavy (non-hydrogen) atoms. The minimum Gasteiger partial charge on any atom is -0.497 e. The maximum Gasteiger partial charge on any atom is 0.171 e. The van der Waals surface area contributed by atoms with Crippen molar-refractivity contribution in [2.45, 2.75) is 20.8 Å². The summed E-state index contributed by atoms with van der Waals surface area (Å²) in [6, 6.07) is 5.84. The van der Waals surface area contributed by atoms with Crippen molar-refractivity contribution < 1.29 is 9.53 Å². The number of hydrogen-bond donors (Lipinski definition) is 2. The summed E-state index contributed by atoms with van der Waals surface area (Å²) in [5.41, 5.74) is 3.92. The van der Waals surface area contributed by atoms with Gasteiger partial charge in [-0.05, 0) is 12.1 Å². The topological polar surface area (TPSA) is 83.7 Å². The second-order valence-electron chi connectivity index (χ2n) is 7.35. The molecule has 0 saturated carbocycles. The van der Waals surface area contributed by atoms with E-state index < -0.39 is 5.41 Å². The highest BCUT2D eigenvalue weighted by atomic mass is 16.5. The third-order valence-electron chi connectivity index (χ3n) is 4.47. The number of nitrogens with one attached hydrogen (secondary N) is 2. The van der Waals surface area contributed by atoms with Crippen LogP contribution in [0.4, 0.5) is 0 Å². The number of aromatic nitrogens is 4. The lowest BCUT2D eigenvalue weighted by Gasteiger charge is -2.15. The number of carbonyl (C=O) groups excluding carboxylic acids is 1. The van der Waals surface area contributed by atoms with Gasteiger partial charge in [-0.25, -0.2) is 9.97 Å². The summed E-state index contributed by atoms with van der Waals surface area (Å²) >= 11 is 0. The van der Waals surface area contributed by atoms with Crippen molar-refractivity contribution in [2.24, 2.45) is 5.41 Å². The number of nitrogens with zero attached hydrogens (tertiary/aromatic N) is 2. The first kappa shape index (κ1) is 16.3. The Hall–Kier alpha value is -3.15. The number of Topliss-reactive ketones (excluding diaryl/α,β-unsaturated/α-hetero) is 1. The Labute approximate surface area is 150 Å². The Morgan fingerprint density at radius 3 is 2.69 bits per heavy atom. The quantitative estimate of drug-likeness (QED) is 0.539. The number of hydrogen-bond acceptors (Lipinski definition) is 4. The van der Waals surface area contributed by atoms with Gasteiger partial charge in [-0.3, -0.25) is 4.79 Å². The van der Waals surface area contributed by atoms with E-state index in [-0.39, 0.29) is 5.78 Å². The van der Waals surface area contributed by atoms with Crippen LogP contribution < -0.4 is 4.74 Å². The predicted octanol–water partition coefficient (Wildman–Crippen LogP) is 4.34. The molecule has 3 heterocycles. The van der Waals surface area contributed by atoms with Crippen LogP contribution in [0, 0.1) is 5.41 Å². The molecule has 0 aliphatic heterocycles. The first-order valence-corrected chi connectivity index (χ1v) is 8.43. The van der Waals surface area contributed by atoms with E-state index in [1.807, 2.05) is 45.2 Å². The van der Waals surface area contributed by atoms with Gasteiger partial charge >= 0.3 is 0 Å². The molecule has 0 radical (unpaired) electrons. The number of fused-ring (bicyclic) bond motifs is 2. The highest BCUT2D eigenvalue weighted by molar-refractivity contribution is 6.08. The van der Waals surface area contributed by atoms with Crippen molar-refractivity contribution in [1.29, 1.82) is 0 Å². The minimum absolute atomic E-state index is 0.0406. The zero-order chi connectivity index (χ0) is 18.5. The van der Waals surface area contributed by atoms with Crippen LogP contribution in [-0.4, -0.2) is 32.8 Å². The van der Waals surface area contributed by atoms with Crippen molar-refractivity contribution in [3.05, 3.63) is 42.4 Å². The Morgan fingerprint density at radius 2 is 1.96 bits per heavy atom. The third kappa shape index (κ3) is 2.54. The molecule has 132 valence electrons. The molecule has 0 saturated heterocycles. The Balaban J connectivity index is 1.87. The Bertz CT molecular complexity index is 1130. The van der Waals surface area contributed by atoms with Crippen LogP contribution in [0.5, 0.6) is 5.75 Å². The molecule has 3 aromatic heterocycles. The molecule has 6 heteroatoms. The van der Waals surface area contributed by atoms with Gasteiger partial charge in [-0.2, -0.15) is 0 Å². The highest BCUT2D eigenvalue weighted by Gasteiger charge is 2.26. The van der Waals surface area contributed by atoms with Gasteiger partial charge in [0.25, 0.3) is 0 Å². The standard InChI is InChI=1S/C20H20N4O2/c1-20(2,3)18(25)14-9-22-19-17(14)24-16(10-23-19)13-8-21-15-7-11(26-4)5-6-12(13)15/h5-10,21H,1-4H3,(H,22,23). The van der Waals surface area contributed by atoms with Gasteiger partial charge in [0.15, 0.2) is 11.4 Å². The average Bonchev–Trinajstić information content (AvgIpc) is 3.22. The van der Waals surface area contributed by atoms with Crippen molar-refractivity contribution in [2.75, 3.05) is 7.11 Å². The molecule has 0 aliphatic carbocycles. The van der Waals surface area contributed by atoms with Crippen LogP contribution in [0.1, 0.15) is 31.1 Å². The summed E-state index contributed by atoms with van der Waals surface area (Å²) in [6.45, 7) is 5.70. The third-order valence-corrected chi connectivity index (χ3v) is 4.47. The lowest BCUT2D eigenvalue weighted by Crippen LogP contribution is -2.20. The zero-order valence-electron chi connectivity index (χ0n) is 15.2. The van der Waals surface area contributed by atoms with Gasteiger partial charge < -0.3 is 14.7 Å². The molecule has 0 bridgehead atoms. The monoisotopic (exact) mass is 348 g/mol. The van der Waals surface area contributed by atoms with Crippen molar-refractivity contribution in [1.82, 2.24) is 19.9 Å². The molecule has 0 atom stereocenters. The molecular weight excluding hydrogens is 328 g/mol. The van der Waals surface area contributed by atoms with Gasteiger partial charge in [-0.1, -0.05) is 20.8 Å². The number of ether oxygens (including phenoxy) is 1. The summed E-state index contributed by atoms with van der Waals surface area (Å²) in [5, 5.41) is 1.03. The lowest BCUT2D eigenvalue weighted by molar-refractivity contribution is 0.0860. The van der Waals surface area contributed by atoms with E-state index in [0.717, 1.165) is 27.9 Å². The molecular formula is C20H20N4O2. The average molecular weight is 348 g/mol. The van der Waals surface area contributed by atoms with Crippen LogP contribution in [0.2, 0.25) is 0 Å². The molecule has 4 rings (SSSR count). The van der Waals surface area contributed by atoms with Crippen molar-refractivity contribution >= 4 is 27.9 Å². The molecule has 1 aromatic carbocycles. The fourth-order valence-corrected chi connectivity index (χ4v) is 3.04. The number of carbonyl (C=O) groups is 1. The number of ketones is 1. The molecule has 4 aromatic rings. The fourth-order valence-electron chi connectivity index (χ4n) is 3.04. The number of benzene rings is 1. The fraction of sp³-hybridized carbons (Fsp3) is 0.250. The normalized spacial score (nSPS) is 12.0. The highest BCUT2D eigenvalue weighted by Crippen LogP contribution is 2.31. The lowest BCUT2D eigenvalue weighted by atomic mass is 9.87. The largest absolute Gasteiger partial charge is 0.497 e. The summed E-state index contributed by atoms with van der Waals surface area (Å²) in [6.07, 6.45) is 5.32. The van der Waals surface area contributed by atoms with Gasteiger partial charge in [0, 0.05) is 40.3 Å². The van der Waals surface area contributed by atoms with E-state index in [1.54, 1.807) is 19.5 Å². The van der Waals surface area contributed by atoms with Gasteiger partial charge in [0.05, 0.1) is 24.6 Å². The first-order chi connectivity index (χ1) is 12.4. The number of H-pyrrole nitrogens is 2. The molecule has 0 spiro atoms. The smallest absolute Gasteiger partial charge is 0.171 e. The van der Waals surface area contributed by atoms with E-state index in [2.05, 4.69) is 15.0 Å². The maximum atomic E-state index is 12.7. The minimum atomic E-state index is -0.482. The number of aromatic amines is 2. The molecule has 0 aliphatic rings. The Kier molecular flexibility index (Phi) is 3.57. The Morgan fingerprint density at radius 1 is 1.15 bits per heavy atom. The molecule has 6 nitrogen and oxygen atoms in total. The maximum absolute atomic E-state index is 12.7. The van der Waals surface area contributed by atoms with Gasteiger partial charge in [0.1, 0.15) is 11.3 Å². The van der Waals surface area contributed by atoms with E-state index in [1.165, 1.54) is 0 Å². The van der Waals surface area contributed by atoms with E-state index in [0.29, 0.717) is 16.7 Å². The van der Waals surface area contributed by atoms with Crippen LogP contribution in [0.3, 0.4) is 0 Å².